The number of imide groups is 1. The smallest absolute Gasteiger partial charge is 0.325 e. The molecular weight excluding hydrogens is 314 g/mol. The van der Waals surface area contributed by atoms with Crippen LogP contribution in [0.1, 0.15) is 45.5 Å². The van der Waals surface area contributed by atoms with Gasteiger partial charge in [0.15, 0.2) is 0 Å². The molecule has 1 saturated heterocycles. The molecular formula is C16H23N3O3S. The highest BCUT2D eigenvalue weighted by molar-refractivity contribution is 7.10. The summed E-state index contributed by atoms with van der Waals surface area (Å²) in [6.07, 6.45) is 0. The number of amides is 4. The van der Waals surface area contributed by atoms with E-state index in [0.29, 0.717) is 0 Å². The number of hydrogen-bond donors (Lipinski definition) is 2. The Bertz CT molecular complexity index is 610. The zero-order valence-corrected chi connectivity index (χ0v) is 14.9. The number of rotatable bonds is 5. The van der Waals surface area contributed by atoms with E-state index in [9.17, 15) is 14.4 Å². The summed E-state index contributed by atoms with van der Waals surface area (Å²) in [5, 5.41) is 7.51. The Morgan fingerprint density at radius 3 is 2.39 bits per heavy atom. The highest BCUT2D eigenvalue weighted by atomic mass is 32.1. The Morgan fingerprint density at radius 2 is 1.96 bits per heavy atom. The molecule has 0 saturated carbocycles. The number of thiophene rings is 1. The normalized spacial score (nSPS) is 19.7. The molecule has 1 aliphatic rings. The molecule has 0 bridgehead atoms. The van der Waals surface area contributed by atoms with Crippen molar-refractivity contribution in [2.24, 2.45) is 5.92 Å². The summed E-state index contributed by atoms with van der Waals surface area (Å²) in [7, 11) is 0. The first kappa shape index (κ1) is 17.5. The molecule has 1 fully saturated rings. The van der Waals surface area contributed by atoms with Crippen LogP contribution in [0.15, 0.2) is 17.5 Å². The number of urea groups is 1. The predicted molar refractivity (Wildman–Crippen MR) is 89.0 cm³/mol. The highest BCUT2D eigenvalue weighted by Crippen LogP contribution is 2.26. The summed E-state index contributed by atoms with van der Waals surface area (Å²) in [6, 6.07) is 2.38. The monoisotopic (exact) mass is 337 g/mol. The molecule has 0 spiro atoms. The third-order valence-corrected chi connectivity index (χ3v) is 4.93. The van der Waals surface area contributed by atoms with Crippen molar-refractivity contribution in [2.45, 2.75) is 52.2 Å². The lowest BCUT2D eigenvalue weighted by Crippen LogP contribution is -2.50. The van der Waals surface area contributed by atoms with E-state index in [1.807, 2.05) is 31.4 Å². The van der Waals surface area contributed by atoms with Crippen LogP contribution < -0.4 is 10.6 Å². The van der Waals surface area contributed by atoms with E-state index < -0.39 is 17.6 Å². The van der Waals surface area contributed by atoms with Crippen LogP contribution in [-0.4, -0.2) is 34.3 Å². The van der Waals surface area contributed by atoms with Crippen molar-refractivity contribution in [3.63, 3.8) is 0 Å². The molecule has 4 amide bonds. The third-order valence-electron chi connectivity index (χ3n) is 3.97. The second kappa shape index (κ2) is 6.31. The highest BCUT2D eigenvalue weighted by Gasteiger charge is 2.48. The second-order valence-electron chi connectivity index (χ2n) is 6.65. The van der Waals surface area contributed by atoms with Gasteiger partial charge in [-0.2, -0.15) is 0 Å². The maximum Gasteiger partial charge on any atom is 0.325 e. The van der Waals surface area contributed by atoms with Crippen molar-refractivity contribution >= 4 is 29.2 Å². The van der Waals surface area contributed by atoms with Gasteiger partial charge in [0.05, 0.1) is 6.04 Å². The lowest BCUT2D eigenvalue weighted by atomic mass is 10.0. The number of nitrogens with one attached hydrogen (secondary N) is 2. The van der Waals surface area contributed by atoms with Gasteiger partial charge in [0.2, 0.25) is 5.91 Å². The SMILES string of the molecule is CC(C)C(NC(=O)C(C)N1C(=O)NC(C)(C)C1=O)c1cccs1. The fourth-order valence-electron chi connectivity index (χ4n) is 2.55. The lowest BCUT2D eigenvalue weighted by Gasteiger charge is -2.26. The van der Waals surface area contributed by atoms with Crippen LogP contribution in [0, 0.1) is 5.92 Å². The Balaban J connectivity index is 2.14. The number of carbonyl (C=O) groups is 3. The van der Waals surface area contributed by atoms with Crippen LogP contribution in [0.3, 0.4) is 0 Å². The molecule has 23 heavy (non-hydrogen) atoms. The average molecular weight is 337 g/mol. The quantitative estimate of drug-likeness (QED) is 0.809. The Hall–Kier alpha value is -1.89. The number of nitrogens with zero attached hydrogens (tertiary/aromatic N) is 1. The van der Waals surface area contributed by atoms with Crippen LogP contribution in [0.25, 0.3) is 0 Å². The summed E-state index contributed by atoms with van der Waals surface area (Å²) in [4.78, 5) is 38.9. The molecule has 7 heteroatoms. The first-order valence-electron chi connectivity index (χ1n) is 7.64. The molecule has 2 unspecified atom stereocenters. The van der Waals surface area contributed by atoms with Gasteiger partial charge in [-0.25, -0.2) is 9.69 Å². The Morgan fingerprint density at radius 1 is 1.30 bits per heavy atom. The molecule has 1 aliphatic heterocycles. The minimum Gasteiger partial charge on any atom is -0.346 e. The lowest BCUT2D eigenvalue weighted by molar-refractivity contribution is -0.137. The molecule has 2 N–H and O–H groups in total. The minimum atomic E-state index is -0.975. The van der Waals surface area contributed by atoms with Crippen LogP contribution in [0.5, 0.6) is 0 Å². The molecule has 0 radical (unpaired) electrons. The summed E-state index contributed by atoms with van der Waals surface area (Å²) in [6.45, 7) is 8.86. The van der Waals surface area contributed by atoms with Crippen molar-refractivity contribution in [1.82, 2.24) is 15.5 Å². The predicted octanol–water partition coefficient (Wildman–Crippen LogP) is 2.28. The summed E-state index contributed by atoms with van der Waals surface area (Å²) < 4.78 is 0. The summed E-state index contributed by atoms with van der Waals surface area (Å²) in [5.41, 5.74) is -0.975. The molecule has 1 aromatic rings. The van der Waals surface area contributed by atoms with Gasteiger partial charge in [0, 0.05) is 4.88 Å². The third kappa shape index (κ3) is 3.39. The Kier molecular flexibility index (Phi) is 4.79. The van der Waals surface area contributed by atoms with Gasteiger partial charge >= 0.3 is 6.03 Å². The number of hydrogen-bond acceptors (Lipinski definition) is 4. The average Bonchev–Trinajstić information content (AvgIpc) is 3.02. The topological polar surface area (TPSA) is 78.5 Å². The van der Waals surface area contributed by atoms with Gasteiger partial charge in [-0.15, -0.1) is 11.3 Å². The molecule has 2 rings (SSSR count). The summed E-state index contributed by atoms with van der Waals surface area (Å²) >= 11 is 1.57. The molecule has 2 heterocycles. The van der Waals surface area contributed by atoms with Gasteiger partial charge in [-0.1, -0.05) is 19.9 Å². The first-order chi connectivity index (χ1) is 10.6. The fraction of sp³-hybridized carbons (Fsp3) is 0.562. The van der Waals surface area contributed by atoms with Gasteiger partial charge in [0.25, 0.3) is 5.91 Å². The van der Waals surface area contributed by atoms with Crippen LogP contribution in [0.2, 0.25) is 0 Å². The van der Waals surface area contributed by atoms with E-state index in [0.717, 1.165) is 9.78 Å². The van der Waals surface area contributed by atoms with E-state index in [1.54, 1.807) is 32.1 Å². The van der Waals surface area contributed by atoms with Gasteiger partial charge in [-0.05, 0) is 38.1 Å². The molecule has 2 atom stereocenters. The van der Waals surface area contributed by atoms with Crippen molar-refractivity contribution in [1.29, 1.82) is 0 Å². The largest absolute Gasteiger partial charge is 0.346 e. The van der Waals surface area contributed by atoms with Crippen molar-refractivity contribution in [3.8, 4) is 0 Å². The molecule has 0 aromatic carbocycles. The van der Waals surface area contributed by atoms with E-state index >= 15 is 0 Å². The molecule has 126 valence electrons. The van der Waals surface area contributed by atoms with E-state index in [4.69, 9.17) is 0 Å². The van der Waals surface area contributed by atoms with Crippen molar-refractivity contribution < 1.29 is 14.4 Å². The van der Waals surface area contributed by atoms with E-state index in [2.05, 4.69) is 10.6 Å². The first-order valence-corrected chi connectivity index (χ1v) is 8.52. The van der Waals surface area contributed by atoms with Crippen molar-refractivity contribution in [3.05, 3.63) is 22.4 Å². The molecule has 1 aromatic heterocycles. The summed E-state index contributed by atoms with van der Waals surface area (Å²) in [5.74, 6) is -0.523. The maximum absolute atomic E-state index is 12.6. The van der Waals surface area contributed by atoms with E-state index in [-0.39, 0.29) is 23.8 Å². The maximum atomic E-state index is 12.6. The van der Waals surface area contributed by atoms with Crippen LogP contribution in [-0.2, 0) is 9.59 Å². The van der Waals surface area contributed by atoms with Gasteiger partial charge in [-0.3, -0.25) is 9.59 Å². The van der Waals surface area contributed by atoms with Gasteiger partial charge in [0.1, 0.15) is 11.6 Å². The second-order valence-corrected chi connectivity index (χ2v) is 7.63. The molecule has 0 aliphatic carbocycles. The number of carbonyl (C=O) groups excluding carboxylic acids is 3. The minimum absolute atomic E-state index is 0.140. The van der Waals surface area contributed by atoms with Crippen LogP contribution >= 0.6 is 11.3 Å². The van der Waals surface area contributed by atoms with Crippen LogP contribution in [0.4, 0.5) is 4.79 Å². The standard InChI is InChI=1S/C16H23N3O3S/c1-9(2)12(11-7-6-8-23-11)17-13(20)10(3)19-14(21)16(4,5)18-15(19)22/h6-10,12H,1-5H3,(H,17,20)(H,18,22). The molecule has 6 nitrogen and oxygen atoms in total. The van der Waals surface area contributed by atoms with E-state index in [1.165, 1.54) is 0 Å². The fourth-order valence-corrected chi connectivity index (χ4v) is 3.50. The van der Waals surface area contributed by atoms with Crippen molar-refractivity contribution in [2.75, 3.05) is 0 Å². The Labute approximate surface area is 140 Å². The van der Waals surface area contributed by atoms with Gasteiger partial charge < -0.3 is 10.6 Å². The zero-order chi connectivity index (χ0) is 17.4. The zero-order valence-electron chi connectivity index (χ0n) is 14.0.